The van der Waals surface area contributed by atoms with Crippen LogP contribution in [-0.4, -0.2) is 11.1 Å². The van der Waals surface area contributed by atoms with Crippen LogP contribution in [0.1, 0.15) is 80.1 Å². The molecule has 0 atom stereocenters. The predicted molar refractivity (Wildman–Crippen MR) is 108 cm³/mol. The first-order chi connectivity index (χ1) is 12.2. The fourth-order valence-corrected chi connectivity index (χ4v) is 4.14. The van der Waals surface area contributed by atoms with E-state index in [0.29, 0.717) is 5.56 Å². The van der Waals surface area contributed by atoms with Crippen LogP contribution < -0.4 is 0 Å². The normalized spacial score (nSPS) is 18.3. The van der Waals surface area contributed by atoms with E-state index < -0.39 is 5.97 Å². The summed E-state index contributed by atoms with van der Waals surface area (Å²) in [4.78, 5) is 11.7. The van der Waals surface area contributed by atoms with Crippen LogP contribution in [0.4, 0.5) is 0 Å². The molecule has 0 spiro atoms. The minimum Gasteiger partial charge on any atom is -0.478 e. The van der Waals surface area contributed by atoms with E-state index in [4.69, 9.17) is 0 Å². The molecule has 1 aliphatic rings. The number of aromatic carboxylic acids is 1. The minimum atomic E-state index is -0.889. The van der Waals surface area contributed by atoms with Crippen LogP contribution in [-0.2, 0) is 10.8 Å². The summed E-state index contributed by atoms with van der Waals surface area (Å²) in [5.74, 6) is -0.889. The second kappa shape index (κ2) is 6.42. The van der Waals surface area contributed by atoms with Crippen LogP contribution in [0.3, 0.4) is 0 Å². The number of hydrogen-bond acceptors (Lipinski definition) is 1. The Labute approximate surface area is 156 Å². The largest absolute Gasteiger partial charge is 0.478 e. The lowest BCUT2D eigenvalue weighted by Crippen LogP contribution is -2.33. The molecule has 0 saturated carbocycles. The highest BCUT2D eigenvalue weighted by Gasteiger charge is 2.37. The Hall–Kier alpha value is -2.35. The van der Waals surface area contributed by atoms with Crippen molar-refractivity contribution in [2.75, 3.05) is 0 Å². The molecule has 2 aromatic carbocycles. The van der Waals surface area contributed by atoms with E-state index in [2.05, 4.69) is 45.9 Å². The van der Waals surface area contributed by atoms with Gasteiger partial charge in [0.25, 0.3) is 0 Å². The number of carboxylic acids is 1. The molecule has 0 radical (unpaired) electrons. The molecule has 1 aliphatic carbocycles. The Balaban J connectivity index is 2.18. The third-order valence-electron chi connectivity index (χ3n) is 5.90. The van der Waals surface area contributed by atoms with Crippen LogP contribution in [0.15, 0.2) is 48.5 Å². The first-order valence-electron chi connectivity index (χ1n) is 9.32. The molecular weight excluding hydrogens is 320 g/mol. The average Bonchev–Trinajstić information content (AvgIpc) is 2.60. The molecule has 3 rings (SSSR count). The van der Waals surface area contributed by atoms with Gasteiger partial charge in [-0.25, -0.2) is 4.79 Å². The number of carbonyl (C=O) groups is 1. The Morgan fingerprint density at radius 3 is 2.08 bits per heavy atom. The SMILES string of the molecule is CC=C(c1ccc2c(c1)C(C)(C)CCC2(C)C)c1ccccc1C(=O)O. The van der Waals surface area contributed by atoms with Gasteiger partial charge >= 0.3 is 5.97 Å². The van der Waals surface area contributed by atoms with Crippen molar-refractivity contribution in [3.63, 3.8) is 0 Å². The van der Waals surface area contributed by atoms with Gasteiger partial charge in [0.15, 0.2) is 0 Å². The Morgan fingerprint density at radius 2 is 1.50 bits per heavy atom. The smallest absolute Gasteiger partial charge is 0.336 e. The van der Waals surface area contributed by atoms with Crippen molar-refractivity contribution in [3.8, 4) is 0 Å². The summed E-state index contributed by atoms with van der Waals surface area (Å²) in [6.45, 7) is 11.2. The molecule has 0 aromatic heterocycles. The highest BCUT2D eigenvalue weighted by Crippen LogP contribution is 2.46. The highest BCUT2D eigenvalue weighted by molar-refractivity contribution is 5.97. The molecule has 1 N–H and O–H groups in total. The maximum Gasteiger partial charge on any atom is 0.336 e. The molecular formula is C24H28O2. The van der Waals surface area contributed by atoms with Gasteiger partial charge in [-0.3, -0.25) is 0 Å². The summed E-state index contributed by atoms with van der Waals surface area (Å²) in [7, 11) is 0. The van der Waals surface area contributed by atoms with E-state index >= 15 is 0 Å². The minimum absolute atomic E-state index is 0.131. The van der Waals surface area contributed by atoms with Crippen LogP contribution in [0.5, 0.6) is 0 Å². The van der Waals surface area contributed by atoms with Crippen molar-refractivity contribution >= 4 is 11.5 Å². The third kappa shape index (κ3) is 3.09. The number of fused-ring (bicyclic) bond motifs is 1. The number of rotatable bonds is 3. The van der Waals surface area contributed by atoms with Crippen molar-refractivity contribution < 1.29 is 9.90 Å². The second-order valence-electron chi connectivity index (χ2n) is 8.58. The van der Waals surface area contributed by atoms with Crippen molar-refractivity contribution in [1.82, 2.24) is 0 Å². The number of allylic oxidation sites excluding steroid dienone is 1. The molecule has 0 saturated heterocycles. The summed E-state index contributed by atoms with van der Waals surface area (Å²) in [5.41, 5.74) is 6.30. The summed E-state index contributed by atoms with van der Waals surface area (Å²) >= 11 is 0. The fourth-order valence-electron chi connectivity index (χ4n) is 4.14. The van der Waals surface area contributed by atoms with Crippen molar-refractivity contribution in [2.45, 2.75) is 58.3 Å². The lowest BCUT2D eigenvalue weighted by molar-refractivity contribution is 0.0696. The first-order valence-corrected chi connectivity index (χ1v) is 9.32. The van der Waals surface area contributed by atoms with Gasteiger partial charge in [-0.15, -0.1) is 0 Å². The second-order valence-corrected chi connectivity index (χ2v) is 8.58. The van der Waals surface area contributed by atoms with Gasteiger partial charge in [-0.1, -0.05) is 70.2 Å². The third-order valence-corrected chi connectivity index (χ3v) is 5.90. The fraction of sp³-hybridized carbons (Fsp3) is 0.375. The van der Waals surface area contributed by atoms with Gasteiger partial charge in [0.2, 0.25) is 0 Å². The lowest BCUT2D eigenvalue weighted by Gasteiger charge is -2.42. The predicted octanol–water partition coefficient (Wildman–Crippen LogP) is 6.19. The van der Waals surface area contributed by atoms with Crippen molar-refractivity contribution in [3.05, 3.63) is 76.4 Å². The molecule has 26 heavy (non-hydrogen) atoms. The summed E-state index contributed by atoms with van der Waals surface area (Å²) < 4.78 is 0. The molecule has 136 valence electrons. The van der Waals surface area contributed by atoms with Gasteiger partial charge in [-0.05, 0) is 64.5 Å². The first kappa shape index (κ1) is 18.4. The van der Waals surface area contributed by atoms with Gasteiger partial charge in [0.05, 0.1) is 5.56 Å². The Kier molecular flexibility index (Phi) is 4.56. The molecule has 2 heteroatoms. The van der Waals surface area contributed by atoms with E-state index in [0.717, 1.165) is 23.1 Å². The average molecular weight is 348 g/mol. The van der Waals surface area contributed by atoms with E-state index in [1.807, 2.05) is 25.1 Å². The molecule has 0 amide bonds. The molecule has 2 aromatic rings. The number of hydrogen-bond donors (Lipinski definition) is 1. The van der Waals surface area contributed by atoms with Crippen molar-refractivity contribution in [1.29, 1.82) is 0 Å². The molecule has 0 unspecified atom stereocenters. The Morgan fingerprint density at radius 1 is 0.923 bits per heavy atom. The molecule has 0 bridgehead atoms. The standard InChI is InChI=1S/C24H28O2/c1-6-17(18-9-7-8-10-19(18)22(25)26)16-11-12-20-21(15-16)24(4,5)14-13-23(20,2)3/h6-12,15H,13-14H2,1-5H3,(H,25,26). The van der Waals surface area contributed by atoms with E-state index in [-0.39, 0.29) is 10.8 Å². The van der Waals surface area contributed by atoms with Crippen LogP contribution in [0, 0.1) is 0 Å². The zero-order chi connectivity index (χ0) is 19.1. The van der Waals surface area contributed by atoms with Crippen LogP contribution in [0.25, 0.3) is 5.57 Å². The highest BCUT2D eigenvalue weighted by atomic mass is 16.4. The van der Waals surface area contributed by atoms with Crippen LogP contribution >= 0.6 is 0 Å². The molecule has 0 fully saturated rings. The van der Waals surface area contributed by atoms with E-state index in [1.165, 1.54) is 17.5 Å². The van der Waals surface area contributed by atoms with E-state index in [1.54, 1.807) is 12.1 Å². The topological polar surface area (TPSA) is 37.3 Å². The maximum atomic E-state index is 11.7. The van der Waals surface area contributed by atoms with Crippen molar-refractivity contribution in [2.24, 2.45) is 0 Å². The lowest BCUT2D eigenvalue weighted by atomic mass is 9.63. The summed E-state index contributed by atoms with van der Waals surface area (Å²) in [6, 6.07) is 13.9. The zero-order valence-corrected chi connectivity index (χ0v) is 16.4. The van der Waals surface area contributed by atoms with Gasteiger partial charge in [0.1, 0.15) is 0 Å². The molecule has 2 nitrogen and oxygen atoms in total. The maximum absolute atomic E-state index is 11.7. The van der Waals surface area contributed by atoms with Gasteiger partial charge in [-0.2, -0.15) is 0 Å². The Bertz CT molecular complexity index is 885. The zero-order valence-electron chi connectivity index (χ0n) is 16.4. The monoisotopic (exact) mass is 348 g/mol. The summed E-state index contributed by atoms with van der Waals surface area (Å²) in [6.07, 6.45) is 4.36. The van der Waals surface area contributed by atoms with E-state index in [9.17, 15) is 9.90 Å². The number of benzene rings is 2. The summed E-state index contributed by atoms with van der Waals surface area (Å²) in [5, 5.41) is 9.57. The molecule has 0 aliphatic heterocycles. The van der Waals surface area contributed by atoms with Gasteiger partial charge < -0.3 is 5.11 Å². The molecule has 0 heterocycles. The van der Waals surface area contributed by atoms with Crippen LogP contribution in [0.2, 0.25) is 0 Å². The number of carboxylic acid groups (broad SMARTS) is 1. The van der Waals surface area contributed by atoms with Gasteiger partial charge in [0, 0.05) is 0 Å². The quantitative estimate of drug-likeness (QED) is 0.718.